The molecule has 0 fully saturated rings. The van der Waals surface area contributed by atoms with E-state index in [1.165, 1.54) is 0 Å². The second-order valence-corrected chi connectivity index (χ2v) is 1.05. The number of aliphatic hydroxyl groups is 1. The largest absolute Gasteiger partial charge is 1.00 e. The van der Waals surface area contributed by atoms with Crippen molar-refractivity contribution in [2.75, 3.05) is 7.11 Å². The quantitative estimate of drug-likeness (QED) is 0.344. The van der Waals surface area contributed by atoms with Crippen LogP contribution in [0.2, 0.25) is 0 Å². The van der Waals surface area contributed by atoms with Crippen molar-refractivity contribution in [1.29, 1.82) is 0 Å². The minimum Gasteiger partial charge on any atom is -0.852 e. The molecule has 0 aliphatic heterocycles. The molecule has 0 saturated heterocycles. The predicted molar refractivity (Wildman–Crippen MR) is 23.3 cm³/mol. The molecule has 0 aromatic heterocycles. The summed E-state index contributed by atoms with van der Waals surface area (Å²) in [7, 11) is 1.00. The Bertz CT molecular complexity index is 14.4. The van der Waals surface area contributed by atoms with Crippen LogP contribution in [0.15, 0.2) is 0 Å². The van der Waals surface area contributed by atoms with Crippen LogP contribution in [0.1, 0.15) is 13.8 Å². The topological polar surface area (TPSA) is 43.3 Å². The molecule has 0 rings (SSSR count). The Morgan fingerprint density at radius 1 is 1.29 bits per heavy atom. The molecular weight excluding hydrogens is 119 g/mol. The first-order valence-corrected chi connectivity index (χ1v) is 1.84. The standard InChI is InChI=1S/C3H7O.CH4O.K/c1-3(2)4;1-2;/h3H,1-2H3;2H,1H3;/q-1;;+1. The van der Waals surface area contributed by atoms with Crippen molar-refractivity contribution >= 4 is 0 Å². The molecule has 0 bridgehead atoms. The zero-order valence-corrected chi connectivity index (χ0v) is 8.56. The first kappa shape index (κ1) is 15.8. The molecule has 0 unspecified atom stereocenters. The zero-order chi connectivity index (χ0) is 5.58. The molecular formula is C4H11KO2. The van der Waals surface area contributed by atoms with Crippen molar-refractivity contribution in [1.82, 2.24) is 0 Å². The van der Waals surface area contributed by atoms with E-state index in [0.717, 1.165) is 7.11 Å². The Morgan fingerprint density at radius 2 is 1.29 bits per heavy atom. The van der Waals surface area contributed by atoms with Crippen molar-refractivity contribution in [2.24, 2.45) is 0 Å². The second kappa shape index (κ2) is 15.6. The van der Waals surface area contributed by atoms with Crippen LogP contribution in [0.3, 0.4) is 0 Å². The average molecular weight is 130 g/mol. The van der Waals surface area contributed by atoms with Gasteiger partial charge in [0.15, 0.2) is 0 Å². The Morgan fingerprint density at radius 3 is 1.29 bits per heavy atom. The maximum absolute atomic E-state index is 9.53. The van der Waals surface area contributed by atoms with Crippen molar-refractivity contribution in [3.05, 3.63) is 0 Å². The summed E-state index contributed by atoms with van der Waals surface area (Å²) in [4.78, 5) is 0. The normalized spacial score (nSPS) is 6.00. The van der Waals surface area contributed by atoms with Gasteiger partial charge < -0.3 is 10.2 Å². The molecule has 7 heavy (non-hydrogen) atoms. The smallest absolute Gasteiger partial charge is 0.852 e. The molecule has 0 atom stereocenters. The summed E-state index contributed by atoms with van der Waals surface area (Å²) in [6.07, 6.45) is -0.417. The van der Waals surface area contributed by atoms with Crippen LogP contribution in [0.25, 0.3) is 0 Å². The first-order chi connectivity index (χ1) is 2.73. The summed E-state index contributed by atoms with van der Waals surface area (Å²) >= 11 is 0. The third-order valence-electron chi connectivity index (χ3n) is 0. The first-order valence-electron chi connectivity index (χ1n) is 1.84. The van der Waals surface area contributed by atoms with Crippen LogP contribution < -0.4 is 56.5 Å². The van der Waals surface area contributed by atoms with Gasteiger partial charge in [0.05, 0.1) is 0 Å². The summed E-state index contributed by atoms with van der Waals surface area (Å²) in [6.45, 7) is 3.22. The van der Waals surface area contributed by atoms with Crippen LogP contribution in [-0.4, -0.2) is 18.3 Å². The Labute approximate surface area is 87.4 Å². The Balaban J connectivity index is -0.0000000480. The molecule has 40 valence electrons. The number of rotatable bonds is 0. The van der Waals surface area contributed by atoms with E-state index < -0.39 is 6.10 Å². The summed E-state index contributed by atoms with van der Waals surface area (Å²) < 4.78 is 0. The van der Waals surface area contributed by atoms with Crippen LogP contribution in [0.4, 0.5) is 0 Å². The monoisotopic (exact) mass is 130 g/mol. The second-order valence-electron chi connectivity index (χ2n) is 1.05. The molecule has 0 aromatic carbocycles. The molecule has 0 heterocycles. The third-order valence-corrected chi connectivity index (χ3v) is 0. The van der Waals surface area contributed by atoms with E-state index in [1.807, 2.05) is 0 Å². The third kappa shape index (κ3) is 96.3. The van der Waals surface area contributed by atoms with Gasteiger partial charge in [-0.25, -0.2) is 0 Å². The van der Waals surface area contributed by atoms with Gasteiger partial charge in [-0.2, -0.15) is 0 Å². The Hall–Kier alpha value is 1.56. The maximum atomic E-state index is 9.53. The van der Waals surface area contributed by atoms with Crippen molar-refractivity contribution in [3.63, 3.8) is 0 Å². The molecule has 3 heteroatoms. The van der Waals surface area contributed by atoms with E-state index in [-0.39, 0.29) is 51.4 Å². The van der Waals surface area contributed by atoms with Gasteiger partial charge in [0.25, 0.3) is 0 Å². The molecule has 0 amide bonds. The number of hydrogen-bond acceptors (Lipinski definition) is 2. The van der Waals surface area contributed by atoms with Crippen LogP contribution in [-0.2, 0) is 0 Å². The maximum Gasteiger partial charge on any atom is 1.00 e. The SMILES string of the molecule is CC(C)[O-].CO.[K+]. The zero-order valence-electron chi connectivity index (χ0n) is 5.43. The Kier molecular flexibility index (Phi) is 35.4. The van der Waals surface area contributed by atoms with Gasteiger partial charge in [-0.15, -0.1) is 6.10 Å². The minimum absolute atomic E-state index is 0. The summed E-state index contributed by atoms with van der Waals surface area (Å²) in [5.41, 5.74) is 0. The molecule has 0 aliphatic carbocycles. The molecule has 0 saturated carbocycles. The summed E-state index contributed by atoms with van der Waals surface area (Å²) in [5, 5.41) is 16.5. The summed E-state index contributed by atoms with van der Waals surface area (Å²) in [5.74, 6) is 0. The molecule has 0 spiro atoms. The van der Waals surface area contributed by atoms with Gasteiger partial charge in [0, 0.05) is 7.11 Å². The fourth-order valence-corrected chi connectivity index (χ4v) is 0. The van der Waals surface area contributed by atoms with Crippen molar-refractivity contribution < 1.29 is 61.6 Å². The average Bonchev–Trinajstić information content (AvgIpc) is 1.41. The molecule has 0 aromatic rings. The number of aliphatic hydroxyl groups excluding tert-OH is 1. The molecule has 1 N–H and O–H groups in total. The minimum atomic E-state index is -0.417. The van der Waals surface area contributed by atoms with Crippen LogP contribution in [0.5, 0.6) is 0 Å². The van der Waals surface area contributed by atoms with E-state index >= 15 is 0 Å². The number of hydrogen-bond donors (Lipinski definition) is 1. The molecule has 0 aliphatic rings. The fraction of sp³-hybridized carbons (Fsp3) is 1.00. The van der Waals surface area contributed by atoms with Gasteiger partial charge >= 0.3 is 51.4 Å². The van der Waals surface area contributed by atoms with E-state index in [0.29, 0.717) is 0 Å². The van der Waals surface area contributed by atoms with E-state index in [2.05, 4.69) is 0 Å². The predicted octanol–water partition coefficient (Wildman–Crippen LogP) is -3.63. The van der Waals surface area contributed by atoms with Gasteiger partial charge in [-0.1, -0.05) is 13.8 Å². The van der Waals surface area contributed by atoms with Crippen molar-refractivity contribution in [2.45, 2.75) is 20.0 Å². The molecule has 2 nitrogen and oxygen atoms in total. The van der Waals surface area contributed by atoms with Crippen LogP contribution >= 0.6 is 0 Å². The fourth-order valence-electron chi connectivity index (χ4n) is 0. The summed E-state index contributed by atoms with van der Waals surface area (Å²) in [6, 6.07) is 0. The van der Waals surface area contributed by atoms with Crippen molar-refractivity contribution in [3.8, 4) is 0 Å². The molecule has 0 radical (unpaired) electrons. The van der Waals surface area contributed by atoms with E-state index in [1.54, 1.807) is 13.8 Å². The van der Waals surface area contributed by atoms with Crippen LogP contribution in [0, 0.1) is 0 Å². The van der Waals surface area contributed by atoms with E-state index in [9.17, 15) is 5.11 Å². The van der Waals surface area contributed by atoms with Gasteiger partial charge in [0.2, 0.25) is 0 Å². The van der Waals surface area contributed by atoms with Gasteiger partial charge in [-0.05, 0) is 0 Å². The van der Waals surface area contributed by atoms with Gasteiger partial charge in [-0.3, -0.25) is 0 Å². The van der Waals surface area contributed by atoms with E-state index in [4.69, 9.17) is 5.11 Å². The van der Waals surface area contributed by atoms with Gasteiger partial charge in [0.1, 0.15) is 0 Å².